The van der Waals surface area contributed by atoms with Gasteiger partial charge in [-0.25, -0.2) is 8.42 Å². The lowest BCUT2D eigenvalue weighted by Gasteiger charge is -1.91. The van der Waals surface area contributed by atoms with Crippen molar-refractivity contribution in [3.05, 3.63) is 11.1 Å². The summed E-state index contributed by atoms with van der Waals surface area (Å²) in [5, 5.41) is 0. The normalized spacial score (nSPS) is 13.9. The fourth-order valence-corrected chi connectivity index (χ4v) is 1.62. The zero-order valence-electron chi connectivity index (χ0n) is 4.77. The molecule has 9 heavy (non-hydrogen) atoms. The average Bonchev–Trinajstić information content (AvgIpc) is 1.62. The van der Waals surface area contributed by atoms with Gasteiger partial charge in [-0.3, -0.25) is 0 Å². The van der Waals surface area contributed by atoms with E-state index >= 15 is 0 Å². The Kier molecular flexibility index (Phi) is 3.54. The summed E-state index contributed by atoms with van der Waals surface area (Å²) in [6.45, 7) is 1.59. The van der Waals surface area contributed by atoms with Gasteiger partial charge in [0.15, 0.2) is 0 Å². The molecule has 0 aliphatic carbocycles. The SMILES string of the molecule is CC(=CCl)CS(=O)(=O)Cl. The van der Waals surface area contributed by atoms with Crippen LogP contribution >= 0.6 is 22.3 Å². The first-order valence-electron chi connectivity index (χ1n) is 2.14. The predicted octanol–water partition coefficient (Wildman–Crippen LogP) is 1.70. The second-order valence-corrected chi connectivity index (χ2v) is 4.63. The fraction of sp³-hybridized carbons (Fsp3) is 0.500. The molecule has 0 unspecified atom stereocenters. The van der Waals surface area contributed by atoms with Gasteiger partial charge in [-0.15, -0.1) is 0 Å². The van der Waals surface area contributed by atoms with Gasteiger partial charge in [0.25, 0.3) is 0 Å². The van der Waals surface area contributed by atoms with E-state index < -0.39 is 9.05 Å². The number of rotatable bonds is 2. The molecule has 0 aromatic heterocycles. The van der Waals surface area contributed by atoms with Gasteiger partial charge in [0.2, 0.25) is 9.05 Å². The lowest BCUT2D eigenvalue weighted by atomic mass is 10.4. The highest BCUT2D eigenvalue weighted by Crippen LogP contribution is 2.04. The largest absolute Gasteiger partial charge is 0.236 e. The van der Waals surface area contributed by atoms with Crippen molar-refractivity contribution >= 4 is 31.3 Å². The van der Waals surface area contributed by atoms with Crippen LogP contribution in [0.25, 0.3) is 0 Å². The van der Waals surface area contributed by atoms with E-state index in [-0.39, 0.29) is 5.75 Å². The maximum atomic E-state index is 10.3. The minimum Gasteiger partial charge on any atom is -0.212 e. The molecule has 0 fully saturated rings. The summed E-state index contributed by atoms with van der Waals surface area (Å²) in [5.41, 5.74) is 1.73. The zero-order chi connectivity index (χ0) is 7.49. The summed E-state index contributed by atoms with van der Waals surface area (Å²) in [4.78, 5) is 0. The summed E-state index contributed by atoms with van der Waals surface area (Å²) >= 11 is 5.17. The third kappa shape index (κ3) is 6.15. The predicted molar refractivity (Wildman–Crippen MR) is 39.2 cm³/mol. The van der Waals surface area contributed by atoms with Crippen LogP contribution in [0.15, 0.2) is 11.1 Å². The lowest BCUT2D eigenvalue weighted by molar-refractivity contribution is 0.611. The molecule has 0 amide bonds. The van der Waals surface area contributed by atoms with E-state index in [2.05, 4.69) is 0 Å². The molecule has 0 saturated heterocycles. The Morgan fingerprint density at radius 3 is 2.22 bits per heavy atom. The Labute approximate surface area is 63.9 Å². The summed E-state index contributed by atoms with van der Waals surface area (Å²) in [5.74, 6) is -0.182. The second kappa shape index (κ2) is 3.44. The van der Waals surface area contributed by atoms with Crippen LogP contribution in [0.2, 0.25) is 0 Å². The van der Waals surface area contributed by atoms with Crippen LogP contribution < -0.4 is 0 Å². The lowest BCUT2D eigenvalue weighted by Crippen LogP contribution is -1.96. The van der Waals surface area contributed by atoms with Crippen LogP contribution in [0.4, 0.5) is 0 Å². The van der Waals surface area contributed by atoms with Gasteiger partial charge in [0.05, 0.1) is 5.75 Å². The van der Waals surface area contributed by atoms with Gasteiger partial charge in [0, 0.05) is 16.2 Å². The summed E-state index contributed by atoms with van der Waals surface area (Å²) < 4.78 is 20.5. The highest BCUT2D eigenvalue weighted by molar-refractivity contribution is 8.13. The van der Waals surface area contributed by atoms with Crippen molar-refractivity contribution in [2.45, 2.75) is 6.92 Å². The Morgan fingerprint density at radius 2 is 2.11 bits per heavy atom. The Bertz CT molecular complexity index is 205. The van der Waals surface area contributed by atoms with Crippen LogP contribution in [0, 0.1) is 0 Å². The summed E-state index contributed by atoms with van der Waals surface area (Å²) in [6, 6.07) is 0. The molecule has 0 bridgehead atoms. The van der Waals surface area contributed by atoms with E-state index in [0.29, 0.717) is 5.57 Å². The van der Waals surface area contributed by atoms with Gasteiger partial charge in [0.1, 0.15) is 0 Å². The highest BCUT2D eigenvalue weighted by atomic mass is 35.7. The molecule has 0 radical (unpaired) electrons. The van der Waals surface area contributed by atoms with Gasteiger partial charge >= 0.3 is 0 Å². The molecule has 5 heteroatoms. The Hall–Kier alpha value is 0.270. The van der Waals surface area contributed by atoms with Crippen LogP contribution in [0.1, 0.15) is 6.92 Å². The third-order valence-corrected chi connectivity index (χ3v) is 2.09. The van der Waals surface area contributed by atoms with Crippen molar-refractivity contribution in [2.24, 2.45) is 0 Å². The van der Waals surface area contributed by atoms with Crippen LogP contribution in [0.5, 0.6) is 0 Å². The van der Waals surface area contributed by atoms with Crippen LogP contribution in [-0.4, -0.2) is 14.2 Å². The first kappa shape index (κ1) is 9.27. The number of hydrogen-bond donors (Lipinski definition) is 0. The molecule has 0 spiro atoms. The van der Waals surface area contributed by atoms with Gasteiger partial charge in [-0.05, 0) is 12.5 Å². The van der Waals surface area contributed by atoms with Crippen molar-refractivity contribution < 1.29 is 8.42 Å². The van der Waals surface area contributed by atoms with Gasteiger partial charge in [-0.1, -0.05) is 11.6 Å². The fourth-order valence-electron chi connectivity index (χ4n) is 0.303. The van der Waals surface area contributed by atoms with Crippen molar-refractivity contribution in [1.29, 1.82) is 0 Å². The molecule has 0 aromatic carbocycles. The Morgan fingerprint density at radius 1 is 1.67 bits per heavy atom. The van der Waals surface area contributed by atoms with E-state index in [9.17, 15) is 8.42 Å². The van der Waals surface area contributed by atoms with Crippen molar-refractivity contribution in [1.82, 2.24) is 0 Å². The topological polar surface area (TPSA) is 34.1 Å². The summed E-state index contributed by atoms with van der Waals surface area (Å²) in [7, 11) is 1.46. The molecule has 0 aliphatic heterocycles. The van der Waals surface area contributed by atoms with Crippen LogP contribution in [-0.2, 0) is 9.05 Å². The first-order chi connectivity index (χ1) is 3.95. The molecule has 0 aromatic rings. The molecular weight excluding hydrogens is 183 g/mol. The van der Waals surface area contributed by atoms with E-state index in [4.69, 9.17) is 22.3 Å². The molecule has 0 aliphatic rings. The van der Waals surface area contributed by atoms with Gasteiger partial charge in [-0.2, -0.15) is 0 Å². The minimum atomic E-state index is -3.42. The maximum absolute atomic E-state index is 10.3. The molecule has 0 saturated carbocycles. The van der Waals surface area contributed by atoms with Crippen molar-refractivity contribution in [3.8, 4) is 0 Å². The molecule has 0 N–H and O–H groups in total. The smallest absolute Gasteiger partial charge is 0.212 e. The first-order valence-corrected chi connectivity index (χ1v) is 5.05. The summed E-state index contributed by atoms with van der Waals surface area (Å²) in [6.07, 6.45) is 0. The van der Waals surface area contributed by atoms with E-state index in [1.165, 1.54) is 5.54 Å². The number of halogens is 2. The van der Waals surface area contributed by atoms with Crippen molar-refractivity contribution in [2.75, 3.05) is 5.75 Å². The molecule has 0 heterocycles. The second-order valence-electron chi connectivity index (χ2n) is 1.64. The van der Waals surface area contributed by atoms with E-state index in [1.807, 2.05) is 0 Å². The zero-order valence-corrected chi connectivity index (χ0v) is 7.09. The molecule has 2 nitrogen and oxygen atoms in total. The molecule has 54 valence electrons. The molecule has 0 atom stereocenters. The maximum Gasteiger partial charge on any atom is 0.236 e. The minimum absolute atomic E-state index is 0.182. The number of hydrogen-bond acceptors (Lipinski definition) is 2. The quantitative estimate of drug-likeness (QED) is 0.619. The highest BCUT2D eigenvalue weighted by Gasteiger charge is 2.04. The standard InChI is InChI=1S/C4H6Cl2O2S/c1-4(2-5)3-9(6,7)8/h2H,3H2,1H3. The average molecular weight is 189 g/mol. The molecular formula is C4H6Cl2O2S. The van der Waals surface area contributed by atoms with E-state index in [0.717, 1.165) is 0 Å². The van der Waals surface area contributed by atoms with Crippen molar-refractivity contribution in [3.63, 3.8) is 0 Å². The van der Waals surface area contributed by atoms with Gasteiger partial charge < -0.3 is 0 Å². The Balaban J connectivity index is 4.07. The van der Waals surface area contributed by atoms with Crippen LogP contribution in [0.3, 0.4) is 0 Å². The van der Waals surface area contributed by atoms with E-state index in [1.54, 1.807) is 6.92 Å². The third-order valence-electron chi connectivity index (χ3n) is 0.586. The monoisotopic (exact) mass is 188 g/mol. The molecule has 0 rings (SSSR count).